The van der Waals surface area contributed by atoms with E-state index in [0.717, 1.165) is 12.1 Å². The molecule has 3 rings (SSSR count). The maximum atomic E-state index is 13.2. The molecule has 2 amide bonds. The molecule has 0 radical (unpaired) electrons. The predicted molar refractivity (Wildman–Crippen MR) is 99.6 cm³/mol. The molecule has 5 nitrogen and oxygen atoms in total. The third-order valence-corrected chi connectivity index (χ3v) is 4.40. The average molecular weight is 355 g/mol. The fourth-order valence-electron chi connectivity index (χ4n) is 3.32. The first-order chi connectivity index (χ1) is 12.4. The number of halogens is 1. The average Bonchev–Trinajstić information content (AvgIpc) is 2.90. The fourth-order valence-corrected chi connectivity index (χ4v) is 3.32. The summed E-state index contributed by atoms with van der Waals surface area (Å²) in [5.41, 5.74) is 2.51. The van der Waals surface area contributed by atoms with Gasteiger partial charge in [0, 0.05) is 17.4 Å². The lowest BCUT2D eigenvalue weighted by atomic mass is 10.1. The number of carbonyl (C=O) groups excluding carboxylic acids is 2. The zero-order valence-electron chi connectivity index (χ0n) is 14.9. The van der Waals surface area contributed by atoms with Crippen molar-refractivity contribution in [1.29, 1.82) is 0 Å². The molecule has 2 aromatic carbocycles. The van der Waals surface area contributed by atoms with Gasteiger partial charge in [0.2, 0.25) is 11.8 Å². The third-order valence-electron chi connectivity index (χ3n) is 4.40. The van der Waals surface area contributed by atoms with E-state index in [9.17, 15) is 14.0 Å². The van der Waals surface area contributed by atoms with Gasteiger partial charge in [-0.15, -0.1) is 0 Å². The number of hydrogen-bond donors (Lipinski definition) is 1. The van der Waals surface area contributed by atoms with Crippen LogP contribution in [0.15, 0.2) is 48.5 Å². The van der Waals surface area contributed by atoms with Crippen LogP contribution in [0, 0.1) is 5.82 Å². The minimum Gasteiger partial charge on any atom is -0.325 e. The van der Waals surface area contributed by atoms with Gasteiger partial charge in [-0.3, -0.25) is 14.5 Å². The normalized spacial score (nSPS) is 15.8. The second kappa shape index (κ2) is 7.66. The Morgan fingerprint density at radius 2 is 1.96 bits per heavy atom. The smallest absolute Gasteiger partial charge is 0.241 e. The molecule has 1 heterocycles. The Kier molecular flexibility index (Phi) is 5.32. The van der Waals surface area contributed by atoms with Crippen molar-refractivity contribution in [1.82, 2.24) is 4.90 Å². The van der Waals surface area contributed by atoms with Gasteiger partial charge in [-0.2, -0.15) is 0 Å². The zero-order chi connectivity index (χ0) is 18.7. The van der Waals surface area contributed by atoms with Gasteiger partial charge in [0.25, 0.3) is 0 Å². The summed E-state index contributed by atoms with van der Waals surface area (Å²) in [6, 6.07) is 13.7. The summed E-state index contributed by atoms with van der Waals surface area (Å²) in [7, 11) is 1.72. The number of anilines is 2. The number of hydrogen-bond acceptors (Lipinski definition) is 3. The van der Waals surface area contributed by atoms with Crippen molar-refractivity contribution in [2.45, 2.75) is 19.4 Å². The number of amides is 2. The largest absolute Gasteiger partial charge is 0.325 e. The highest BCUT2D eigenvalue weighted by Gasteiger charge is 2.30. The molecule has 0 unspecified atom stereocenters. The van der Waals surface area contributed by atoms with Crippen molar-refractivity contribution in [3.05, 3.63) is 59.9 Å². The molecule has 2 aromatic rings. The van der Waals surface area contributed by atoms with E-state index in [1.807, 2.05) is 31.2 Å². The van der Waals surface area contributed by atoms with E-state index in [1.165, 1.54) is 23.8 Å². The van der Waals surface area contributed by atoms with Crippen LogP contribution >= 0.6 is 0 Å². The summed E-state index contributed by atoms with van der Waals surface area (Å²) in [4.78, 5) is 28.3. The Labute approximate surface area is 152 Å². The molecule has 0 aliphatic carbocycles. The van der Waals surface area contributed by atoms with E-state index in [2.05, 4.69) is 5.32 Å². The molecular weight excluding hydrogens is 333 g/mol. The SMILES string of the molecule is C[C@H]1Cc2ccccc2N1C(=O)CN(C)CC(=O)Nc1cccc(F)c1. The number of rotatable bonds is 5. The highest BCUT2D eigenvalue weighted by molar-refractivity contribution is 5.98. The first kappa shape index (κ1) is 18.1. The molecule has 1 N–H and O–H groups in total. The number of nitrogens with one attached hydrogen (secondary N) is 1. The topological polar surface area (TPSA) is 52.7 Å². The van der Waals surface area contributed by atoms with Crippen LogP contribution in [0.25, 0.3) is 0 Å². The standard InChI is InChI=1S/C20H22FN3O2/c1-14-10-15-6-3-4-9-18(15)24(14)20(26)13-23(2)12-19(25)22-17-8-5-7-16(21)11-17/h3-9,11,14H,10,12-13H2,1-2H3,(H,22,25)/t14-/m0/s1. The molecule has 0 bridgehead atoms. The van der Waals surface area contributed by atoms with Crippen LogP contribution in [-0.2, 0) is 16.0 Å². The molecule has 0 fully saturated rings. The van der Waals surface area contributed by atoms with Crippen LogP contribution in [-0.4, -0.2) is 42.9 Å². The van der Waals surface area contributed by atoms with E-state index < -0.39 is 5.82 Å². The number of carbonyl (C=O) groups is 2. The number of nitrogens with zero attached hydrogens (tertiary/aromatic N) is 2. The minimum atomic E-state index is -0.409. The molecule has 0 saturated carbocycles. The molecule has 1 aliphatic rings. The van der Waals surface area contributed by atoms with Crippen molar-refractivity contribution >= 4 is 23.2 Å². The lowest BCUT2D eigenvalue weighted by Crippen LogP contribution is -2.43. The summed E-state index contributed by atoms with van der Waals surface area (Å²) in [5.74, 6) is -0.739. The molecule has 0 saturated heterocycles. The number of likely N-dealkylation sites (N-methyl/N-ethyl adjacent to an activating group) is 1. The van der Waals surface area contributed by atoms with E-state index in [-0.39, 0.29) is 30.9 Å². The molecule has 1 aliphatic heterocycles. The lowest BCUT2D eigenvalue weighted by molar-refractivity contribution is -0.121. The first-order valence-corrected chi connectivity index (χ1v) is 8.58. The van der Waals surface area contributed by atoms with Gasteiger partial charge in [0.1, 0.15) is 5.82 Å². The second-order valence-electron chi connectivity index (χ2n) is 6.68. The maximum absolute atomic E-state index is 13.2. The van der Waals surface area contributed by atoms with Gasteiger partial charge in [-0.25, -0.2) is 4.39 Å². The Morgan fingerprint density at radius 1 is 1.19 bits per heavy atom. The Morgan fingerprint density at radius 3 is 2.73 bits per heavy atom. The molecule has 0 aromatic heterocycles. The summed E-state index contributed by atoms with van der Waals surface area (Å²) in [6.07, 6.45) is 0.839. The van der Waals surface area contributed by atoms with Crippen LogP contribution < -0.4 is 10.2 Å². The first-order valence-electron chi connectivity index (χ1n) is 8.58. The van der Waals surface area contributed by atoms with Crippen LogP contribution in [0.1, 0.15) is 12.5 Å². The maximum Gasteiger partial charge on any atom is 0.241 e. The van der Waals surface area contributed by atoms with E-state index in [4.69, 9.17) is 0 Å². The predicted octanol–water partition coefficient (Wildman–Crippen LogP) is 2.67. The molecule has 1 atom stereocenters. The molecular formula is C20H22FN3O2. The van der Waals surface area contributed by atoms with Gasteiger partial charge in [0.05, 0.1) is 13.1 Å². The van der Waals surface area contributed by atoms with Crippen molar-refractivity contribution in [3.8, 4) is 0 Å². The molecule has 26 heavy (non-hydrogen) atoms. The van der Waals surface area contributed by atoms with Crippen LogP contribution in [0.2, 0.25) is 0 Å². The summed E-state index contributed by atoms with van der Waals surface area (Å²) in [5, 5.41) is 2.64. The van der Waals surface area contributed by atoms with Crippen molar-refractivity contribution in [2.24, 2.45) is 0 Å². The van der Waals surface area contributed by atoms with E-state index in [1.54, 1.807) is 22.9 Å². The van der Waals surface area contributed by atoms with Gasteiger partial charge >= 0.3 is 0 Å². The summed E-state index contributed by atoms with van der Waals surface area (Å²) >= 11 is 0. The van der Waals surface area contributed by atoms with Gasteiger partial charge < -0.3 is 10.2 Å². The Balaban J connectivity index is 1.57. The Hall–Kier alpha value is -2.73. The third kappa shape index (κ3) is 4.08. The van der Waals surface area contributed by atoms with Crippen LogP contribution in [0.3, 0.4) is 0 Å². The fraction of sp³-hybridized carbons (Fsp3) is 0.300. The molecule has 0 spiro atoms. The number of benzene rings is 2. The quantitative estimate of drug-likeness (QED) is 0.897. The van der Waals surface area contributed by atoms with Gasteiger partial charge in [-0.05, 0) is 50.2 Å². The van der Waals surface area contributed by atoms with Gasteiger partial charge in [0.15, 0.2) is 0 Å². The Bertz CT molecular complexity index is 824. The van der Waals surface area contributed by atoms with Crippen molar-refractivity contribution < 1.29 is 14.0 Å². The van der Waals surface area contributed by atoms with Crippen LogP contribution in [0.5, 0.6) is 0 Å². The number of para-hydroxylation sites is 1. The lowest BCUT2D eigenvalue weighted by Gasteiger charge is -2.25. The van der Waals surface area contributed by atoms with E-state index in [0.29, 0.717) is 5.69 Å². The van der Waals surface area contributed by atoms with Gasteiger partial charge in [-0.1, -0.05) is 24.3 Å². The minimum absolute atomic E-state index is 0.0384. The molecule has 6 heteroatoms. The highest BCUT2D eigenvalue weighted by Crippen LogP contribution is 2.31. The van der Waals surface area contributed by atoms with Crippen molar-refractivity contribution in [2.75, 3.05) is 30.4 Å². The second-order valence-corrected chi connectivity index (χ2v) is 6.68. The monoisotopic (exact) mass is 355 g/mol. The van der Waals surface area contributed by atoms with Crippen LogP contribution in [0.4, 0.5) is 15.8 Å². The summed E-state index contributed by atoms with van der Waals surface area (Å²) < 4.78 is 13.2. The summed E-state index contributed by atoms with van der Waals surface area (Å²) in [6.45, 7) is 2.20. The number of fused-ring (bicyclic) bond motifs is 1. The van der Waals surface area contributed by atoms with Crippen molar-refractivity contribution in [3.63, 3.8) is 0 Å². The molecule has 136 valence electrons. The zero-order valence-corrected chi connectivity index (χ0v) is 14.9. The highest BCUT2D eigenvalue weighted by atomic mass is 19.1. The van der Waals surface area contributed by atoms with E-state index >= 15 is 0 Å².